The number of nitrogens with two attached hydrogens (primary N) is 1. The minimum atomic E-state index is -0.940. The summed E-state index contributed by atoms with van der Waals surface area (Å²) in [6.45, 7) is 1.98. The van der Waals surface area contributed by atoms with Crippen LogP contribution in [0.1, 0.15) is 13.3 Å². The number of hydrogen-bond donors (Lipinski definition) is 1. The van der Waals surface area contributed by atoms with Gasteiger partial charge in [-0.15, -0.1) is 0 Å². The molecule has 1 aliphatic carbocycles. The summed E-state index contributed by atoms with van der Waals surface area (Å²) >= 11 is 1.76. The van der Waals surface area contributed by atoms with Crippen LogP contribution in [0.15, 0.2) is 0 Å². The van der Waals surface area contributed by atoms with Crippen LogP contribution in [0.2, 0.25) is 0 Å². The summed E-state index contributed by atoms with van der Waals surface area (Å²) in [5.41, 5.74) is 5.55. The molecule has 2 N–H and O–H groups in total. The van der Waals surface area contributed by atoms with Gasteiger partial charge >= 0.3 is 0 Å². The number of halogens is 1. The lowest BCUT2D eigenvalue weighted by Crippen LogP contribution is -2.18. The van der Waals surface area contributed by atoms with Crippen molar-refractivity contribution in [3.05, 3.63) is 0 Å². The van der Waals surface area contributed by atoms with E-state index < -0.39 is 5.41 Å². The first-order valence-corrected chi connectivity index (χ1v) is 5.56. The first-order valence-electron chi connectivity index (χ1n) is 3.83. The second-order valence-electron chi connectivity index (χ2n) is 3.34. The second-order valence-corrected chi connectivity index (χ2v) is 5.38. The summed E-state index contributed by atoms with van der Waals surface area (Å²) in [5.74, 6) is 2.12. The van der Waals surface area contributed by atoms with Crippen molar-refractivity contribution in [1.29, 1.82) is 0 Å². The molecule has 0 saturated heterocycles. The van der Waals surface area contributed by atoms with Crippen LogP contribution < -0.4 is 5.73 Å². The quantitative estimate of drug-likeness (QED) is 0.690. The SMILES string of the molecule is CC(N)CSCC1CC1(F)P. The second kappa shape index (κ2) is 3.59. The van der Waals surface area contributed by atoms with Crippen LogP contribution in [0.3, 0.4) is 0 Å². The fraction of sp³-hybridized carbons (Fsp3) is 1.00. The van der Waals surface area contributed by atoms with Gasteiger partial charge in [-0.1, -0.05) is 9.24 Å². The molecule has 0 amide bonds. The molecule has 0 aromatic carbocycles. The van der Waals surface area contributed by atoms with Gasteiger partial charge in [-0.05, 0) is 19.1 Å². The molecule has 0 spiro atoms. The Kier molecular flexibility index (Phi) is 3.18. The normalized spacial score (nSPS) is 38.7. The van der Waals surface area contributed by atoms with Crippen molar-refractivity contribution in [2.45, 2.75) is 24.8 Å². The van der Waals surface area contributed by atoms with Gasteiger partial charge in [-0.25, -0.2) is 4.39 Å². The van der Waals surface area contributed by atoms with Gasteiger partial charge < -0.3 is 5.73 Å². The molecule has 1 saturated carbocycles. The minimum absolute atomic E-state index is 0.234. The lowest BCUT2D eigenvalue weighted by molar-refractivity contribution is 0.413. The predicted octanol–water partition coefficient (Wildman–Crippen LogP) is 1.63. The Morgan fingerprint density at radius 3 is 2.82 bits per heavy atom. The zero-order chi connectivity index (χ0) is 8.48. The molecule has 0 aromatic rings. The van der Waals surface area contributed by atoms with Gasteiger partial charge in [-0.3, -0.25) is 0 Å². The van der Waals surface area contributed by atoms with Crippen molar-refractivity contribution in [2.75, 3.05) is 11.5 Å². The van der Waals surface area contributed by atoms with E-state index in [1.54, 1.807) is 11.8 Å². The van der Waals surface area contributed by atoms with Crippen LogP contribution in [0.25, 0.3) is 0 Å². The van der Waals surface area contributed by atoms with E-state index in [2.05, 4.69) is 9.24 Å². The summed E-state index contributed by atoms with van der Waals surface area (Å²) in [5, 5.41) is -0.940. The smallest absolute Gasteiger partial charge is 0.128 e. The molecule has 0 aromatic heterocycles. The first-order chi connectivity index (χ1) is 5.02. The molecular formula is C7H15FNPS. The first kappa shape index (κ1) is 9.76. The average molecular weight is 195 g/mol. The lowest BCUT2D eigenvalue weighted by atomic mass is 10.4. The third kappa shape index (κ3) is 3.27. The molecule has 4 atom stereocenters. The number of alkyl halides is 1. The third-order valence-electron chi connectivity index (χ3n) is 1.78. The van der Waals surface area contributed by atoms with E-state index >= 15 is 0 Å². The van der Waals surface area contributed by atoms with E-state index in [0.29, 0.717) is 6.42 Å². The topological polar surface area (TPSA) is 26.0 Å². The largest absolute Gasteiger partial charge is 0.327 e. The summed E-state index contributed by atoms with van der Waals surface area (Å²) in [6, 6.07) is 0.234. The highest BCUT2D eigenvalue weighted by Crippen LogP contribution is 2.53. The van der Waals surface area contributed by atoms with Gasteiger partial charge in [0.25, 0.3) is 0 Å². The Bertz CT molecular complexity index is 140. The maximum Gasteiger partial charge on any atom is 0.128 e. The molecule has 1 aliphatic rings. The molecule has 4 unspecified atom stereocenters. The molecule has 1 rings (SSSR count). The minimum Gasteiger partial charge on any atom is -0.327 e. The van der Waals surface area contributed by atoms with E-state index in [4.69, 9.17) is 5.73 Å². The van der Waals surface area contributed by atoms with Gasteiger partial charge in [-0.2, -0.15) is 11.8 Å². The van der Waals surface area contributed by atoms with Crippen LogP contribution >= 0.6 is 21.0 Å². The van der Waals surface area contributed by atoms with E-state index in [1.165, 1.54) is 0 Å². The zero-order valence-electron chi connectivity index (χ0n) is 6.72. The van der Waals surface area contributed by atoms with Gasteiger partial charge in [0.15, 0.2) is 0 Å². The van der Waals surface area contributed by atoms with Crippen LogP contribution in [0.5, 0.6) is 0 Å². The molecule has 11 heavy (non-hydrogen) atoms. The highest BCUT2D eigenvalue weighted by atomic mass is 32.2. The Hall–Kier alpha value is 0.670. The van der Waals surface area contributed by atoms with Crippen molar-refractivity contribution < 1.29 is 4.39 Å². The molecule has 0 radical (unpaired) electrons. The molecule has 1 fully saturated rings. The lowest BCUT2D eigenvalue weighted by Gasteiger charge is -2.03. The monoisotopic (exact) mass is 195 g/mol. The fourth-order valence-corrected chi connectivity index (χ4v) is 2.67. The average Bonchev–Trinajstić information content (AvgIpc) is 2.39. The molecule has 0 bridgehead atoms. The fourth-order valence-electron chi connectivity index (χ4n) is 0.912. The summed E-state index contributed by atoms with van der Waals surface area (Å²) in [6.07, 6.45) is 0.712. The van der Waals surface area contributed by atoms with Crippen LogP contribution in [0.4, 0.5) is 4.39 Å². The van der Waals surface area contributed by atoms with Crippen LogP contribution in [-0.2, 0) is 0 Å². The maximum atomic E-state index is 12.9. The molecule has 0 aliphatic heterocycles. The number of hydrogen-bond acceptors (Lipinski definition) is 2. The Balaban J connectivity index is 1.98. The molecule has 4 heteroatoms. The van der Waals surface area contributed by atoms with Crippen molar-refractivity contribution in [1.82, 2.24) is 0 Å². The van der Waals surface area contributed by atoms with E-state index in [-0.39, 0.29) is 12.0 Å². The van der Waals surface area contributed by atoms with Crippen molar-refractivity contribution in [3.8, 4) is 0 Å². The highest BCUT2D eigenvalue weighted by molar-refractivity contribution is 7.99. The van der Waals surface area contributed by atoms with Gasteiger partial charge in [0.2, 0.25) is 0 Å². The summed E-state index contributed by atoms with van der Waals surface area (Å²) in [7, 11) is 2.27. The zero-order valence-corrected chi connectivity index (χ0v) is 8.69. The van der Waals surface area contributed by atoms with Crippen molar-refractivity contribution in [3.63, 3.8) is 0 Å². The number of rotatable bonds is 4. The Labute approximate surface area is 73.9 Å². The van der Waals surface area contributed by atoms with Crippen LogP contribution in [-0.4, -0.2) is 23.0 Å². The molecular weight excluding hydrogens is 180 g/mol. The van der Waals surface area contributed by atoms with E-state index in [1.807, 2.05) is 6.92 Å². The van der Waals surface area contributed by atoms with Crippen molar-refractivity contribution in [2.24, 2.45) is 11.7 Å². The third-order valence-corrected chi connectivity index (χ3v) is 3.88. The summed E-state index contributed by atoms with van der Waals surface area (Å²) in [4.78, 5) is 0. The Morgan fingerprint density at radius 2 is 2.45 bits per heavy atom. The molecule has 0 heterocycles. The van der Waals surface area contributed by atoms with Gasteiger partial charge in [0.05, 0.1) is 0 Å². The van der Waals surface area contributed by atoms with Gasteiger partial charge in [0.1, 0.15) is 5.41 Å². The predicted molar refractivity (Wildman–Crippen MR) is 52.6 cm³/mol. The maximum absolute atomic E-state index is 12.9. The number of thioether (sulfide) groups is 1. The standard InChI is InChI=1S/C7H15FNPS/c1-5(9)3-11-4-6-2-7(6,8)10/h5-6H,2-4,9-10H2,1H3. The van der Waals surface area contributed by atoms with Gasteiger partial charge in [0, 0.05) is 17.7 Å². The Morgan fingerprint density at radius 1 is 1.91 bits per heavy atom. The molecule has 1 nitrogen and oxygen atoms in total. The van der Waals surface area contributed by atoms with Crippen molar-refractivity contribution >= 4 is 21.0 Å². The molecule has 66 valence electrons. The summed E-state index contributed by atoms with van der Waals surface area (Å²) < 4.78 is 12.9. The highest BCUT2D eigenvalue weighted by Gasteiger charge is 2.50. The van der Waals surface area contributed by atoms with Crippen LogP contribution in [0, 0.1) is 5.92 Å². The van der Waals surface area contributed by atoms with E-state index in [0.717, 1.165) is 11.5 Å². The van der Waals surface area contributed by atoms with E-state index in [9.17, 15) is 4.39 Å².